The van der Waals surface area contributed by atoms with Crippen LogP contribution in [-0.2, 0) is 27.7 Å². The molecule has 2 rings (SSSR count). The number of nitrogens with zero attached hydrogens (tertiary/aromatic N) is 1. The lowest BCUT2D eigenvalue weighted by atomic mass is 9.96. The average Bonchev–Trinajstić information content (AvgIpc) is 2.77. The van der Waals surface area contributed by atoms with Crippen molar-refractivity contribution in [2.24, 2.45) is 11.8 Å². The predicted molar refractivity (Wildman–Crippen MR) is 129 cm³/mol. The van der Waals surface area contributed by atoms with Crippen molar-refractivity contribution in [3.63, 3.8) is 0 Å². The quantitative estimate of drug-likeness (QED) is 0.487. The summed E-state index contributed by atoms with van der Waals surface area (Å²) in [5.74, 6) is -0.343. The fraction of sp³-hybridized carbons (Fsp3) is 0.480. The lowest BCUT2D eigenvalue weighted by Crippen LogP contribution is -2.31. The molecule has 0 fully saturated rings. The van der Waals surface area contributed by atoms with Gasteiger partial charge in [0.05, 0.1) is 10.5 Å². The first kappa shape index (κ1) is 26.5. The fourth-order valence-electron chi connectivity index (χ4n) is 3.39. The van der Waals surface area contributed by atoms with E-state index in [0.29, 0.717) is 18.9 Å². The van der Waals surface area contributed by atoms with Crippen LogP contribution in [0.4, 0.5) is 0 Å². The normalized spacial score (nSPS) is 12.4. The Morgan fingerprint density at radius 3 is 2.36 bits per heavy atom. The number of hydrogen-bond donors (Lipinski definition) is 2. The zero-order chi connectivity index (χ0) is 24.4. The summed E-state index contributed by atoms with van der Waals surface area (Å²) in [6.45, 7) is 8.43. The zero-order valence-electron chi connectivity index (χ0n) is 19.9. The first-order valence-corrected chi connectivity index (χ1v) is 13.0. The van der Waals surface area contributed by atoms with E-state index in [4.69, 9.17) is 0 Å². The van der Waals surface area contributed by atoms with Gasteiger partial charge in [-0.15, -0.1) is 0 Å². The smallest absolute Gasteiger partial charge is 0.266 e. The third kappa shape index (κ3) is 8.61. The molecule has 1 aromatic carbocycles. The van der Waals surface area contributed by atoms with E-state index < -0.39 is 15.9 Å². The van der Waals surface area contributed by atoms with Crippen LogP contribution in [0.15, 0.2) is 47.6 Å². The fourth-order valence-corrected chi connectivity index (χ4v) is 4.36. The molecule has 8 heteroatoms. The van der Waals surface area contributed by atoms with E-state index in [-0.39, 0.29) is 22.3 Å². The minimum absolute atomic E-state index is 0.00289. The molecule has 0 aliphatic carbocycles. The summed E-state index contributed by atoms with van der Waals surface area (Å²) in [6.07, 6.45) is 7.86. The van der Waals surface area contributed by atoms with Crippen LogP contribution in [0.5, 0.6) is 0 Å². The number of aromatic nitrogens is 1. The van der Waals surface area contributed by atoms with Crippen LogP contribution in [-0.4, -0.2) is 31.8 Å². The van der Waals surface area contributed by atoms with E-state index in [1.165, 1.54) is 18.3 Å². The highest BCUT2D eigenvalue weighted by molar-refractivity contribution is 7.90. The SMILES string of the molecule is CCCCC(C)Cc1cncc(C(=O)NS(=O)(=O)c2ccc(CCNC(=O)C(C)C)cc2)c1. The first-order chi connectivity index (χ1) is 15.6. The van der Waals surface area contributed by atoms with Gasteiger partial charge in [-0.1, -0.05) is 59.1 Å². The van der Waals surface area contributed by atoms with Gasteiger partial charge < -0.3 is 5.32 Å². The number of nitrogens with one attached hydrogen (secondary N) is 2. The zero-order valence-corrected chi connectivity index (χ0v) is 20.7. The minimum atomic E-state index is -4.01. The summed E-state index contributed by atoms with van der Waals surface area (Å²) in [5, 5.41) is 2.83. The van der Waals surface area contributed by atoms with Crippen molar-refractivity contribution >= 4 is 21.8 Å². The number of pyridine rings is 1. The molecule has 0 aliphatic rings. The van der Waals surface area contributed by atoms with Gasteiger partial charge in [0.2, 0.25) is 5.91 Å². The Bertz CT molecular complexity index is 1030. The van der Waals surface area contributed by atoms with E-state index in [1.54, 1.807) is 24.4 Å². The molecule has 1 heterocycles. The molecule has 1 aromatic heterocycles. The van der Waals surface area contributed by atoms with Gasteiger partial charge in [-0.25, -0.2) is 13.1 Å². The molecule has 0 aliphatic heterocycles. The van der Waals surface area contributed by atoms with Crippen molar-refractivity contribution in [1.82, 2.24) is 15.0 Å². The van der Waals surface area contributed by atoms with Gasteiger partial charge in [-0.05, 0) is 48.1 Å². The summed E-state index contributed by atoms with van der Waals surface area (Å²) in [4.78, 5) is 28.3. The highest BCUT2D eigenvalue weighted by Crippen LogP contribution is 2.16. The van der Waals surface area contributed by atoms with E-state index in [9.17, 15) is 18.0 Å². The summed E-state index contributed by atoms with van der Waals surface area (Å²) >= 11 is 0. The molecule has 0 spiro atoms. The molecule has 7 nitrogen and oxygen atoms in total. The maximum absolute atomic E-state index is 12.7. The molecule has 0 saturated heterocycles. The van der Waals surface area contributed by atoms with Gasteiger partial charge in [-0.3, -0.25) is 14.6 Å². The van der Waals surface area contributed by atoms with Crippen molar-refractivity contribution < 1.29 is 18.0 Å². The minimum Gasteiger partial charge on any atom is -0.356 e. The molecule has 33 heavy (non-hydrogen) atoms. The maximum Gasteiger partial charge on any atom is 0.266 e. The number of unbranched alkanes of at least 4 members (excludes halogenated alkanes) is 1. The Labute approximate surface area is 197 Å². The lowest BCUT2D eigenvalue weighted by molar-refractivity contribution is -0.123. The van der Waals surface area contributed by atoms with Crippen LogP contribution in [0.2, 0.25) is 0 Å². The standard InChI is InChI=1S/C25H35N3O4S/c1-5-6-7-19(4)14-21-15-22(17-26-16-21)25(30)28-33(31,32)23-10-8-20(9-11-23)12-13-27-24(29)18(2)3/h8-11,15-19H,5-7,12-14H2,1-4H3,(H,27,29)(H,28,30). The van der Waals surface area contributed by atoms with Crippen LogP contribution >= 0.6 is 0 Å². The van der Waals surface area contributed by atoms with E-state index in [0.717, 1.165) is 36.8 Å². The van der Waals surface area contributed by atoms with Crippen LogP contribution in [0, 0.1) is 11.8 Å². The second-order valence-corrected chi connectivity index (χ2v) is 10.5. The van der Waals surface area contributed by atoms with Crippen LogP contribution in [0.3, 0.4) is 0 Å². The Kier molecular flexibility index (Phi) is 10.0. The topological polar surface area (TPSA) is 105 Å². The first-order valence-electron chi connectivity index (χ1n) is 11.5. The number of carbonyl (C=O) groups excluding carboxylic acids is 2. The molecule has 2 N–H and O–H groups in total. The number of hydrogen-bond acceptors (Lipinski definition) is 5. The van der Waals surface area contributed by atoms with E-state index >= 15 is 0 Å². The molecular formula is C25H35N3O4S. The van der Waals surface area contributed by atoms with Gasteiger partial charge >= 0.3 is 0 Å². The highest BCUT2D eigenvalue weighted by Gasteiger charge is 2.19. The molecule has 1 unspecified atom stereocenters. The molecule has 1 atom stereocenters. The van der Waals surface area contributed by atoms with E-state index in [1.807, 2.05) is 13.8 Å². The summed E-state index contributed by atoms with van der Waals surface area (Å²) in [6, 6.07) is 7.98. The van der Waals surface area contributed by atoms with Crippen LogP contribution < -0.4 is 10.0 Å². The maximum atomic E-state index is 12.7. The molecule has 0 radical (unpaired) electrons. The third-order valence-electron chi connectivity index (χ3n) is 5.39. The Morgan fingerprint density at radius 2 is 1.73 bits per heavy atom. The molecular weight excluding hydrogens is 438 g/mol. The van der Waals surface area contributed by atoms with Gasteiger partial charge in [0.25, 0.3) is 15.9 Å². The Morgan fingerprint density at radius 1 is 1.03 bits per heavy atom. The van der Waals surface area contributed by atoms with Crippen molar-refractivity contribution in [3.8, 4) is 0 Å². The summed E-state index contributed by atoms with van der Waals surface area (Å²) in [5.41, 5.74) is 2.02. The highest BCUT2D eigenvalue weighted by atomic mass is 32.2. The number of carbonyl (C=O) groups is 2. The van der Waals surface area contributed by atoms with Crippen LogP contribution in [0.25, 0.3) is 0 Å². The third-order valence-corrected chi connectivity index (χ3v) is 6.74. The Balaban J connectivity index is 1.98. The van der Waals surface area contributed by atoms with Crippen molar-refractivity contribution in [2.45, 2.75) is 64.7 Å². The predicted octanol–water partition coefficient (Wildman–Crippen LogP) is 3.88. The van der Waals surface area contributed by atoms with Crippen molar-refractivity contribution in [2.75, 3.05) is 6.54 Å². The second kappa shape index (κ2) is 12.5. The van der Waals surface area contributed by atoms with Crippen molar-refractivity contribution in [1.29, 1.82) is 0 Å². The van der Waals surface area contributed by atoms with Gasteiger partial charge in [0.1, 0.15) is 0 Å². The molecule has 2 amide bonds. The molecule has 2 aromatic rings. The van der Waals surface area contributed by atoms with Gasteiger partial charge in [0.15, 0.2) is 0 Å². The number of sulfonamides is 1. The lowest BCUT2D eigenvalue weighted by Gasteiger charge is -2.12. The molecule has 0 bridgehead atoms. The number of rotatable bonds is 12. The van der Waals surface area contributed by atoms with Gasteiger partial charge in [-0.2, -0.15) is 0 Å². The second-order valence-electron chi connectivity index (χ2n) is 8.81. The van der Waals surface area contributed by atoms with Gasteiger partial charge in [0, 0.05) is 24.9 Å². The Hall–Kier alpha value is -2.74. The largest absolute Gasteiger partial charge is 0.356 e. The number of benzene rings is 1. The van der Waals surface area contributed by atoms with Crippen LogP contribution in [0.1, 0.15) is 68.4 Å². The average molecular weight is 474 g/mol. The molecule has 0 saturated carbocycles. The number of amides is 2. The monoisotopic (exact) mass is 473 g/mol. The molecule has 180 valence electrons. The van der Waals surface area contributed by atoms with Crippen molar-refractivity contribution in [3.05, 3.63) is 59.4 Å². The summed E-state index contributed by atoms with van der Waals surface area (Å²) < 4.78 is 27.5. The van der Waals surface area contributed by atoms with E-state index in [2.05, 4.69) is 28.9 Å². The summed E-state index contributed by atoms with van der Waals surface area (Å²) in [7, 11) is -4.01.